The maximum atomic E-state index is 12.8. The Morgan fingerprint density at radius 1 is 1.25 bits per heavy atom. The SMILES string of the molecule is Nc1[nH]nc2c1NN(c1ccc(Cl)c(C(F)(F)F)c1)N2. The van der Waals surface area contributed by atoms with Gasteiger partial charge in [-0.2, -0.15) is 23.4 Å². The number of H-pyrrole nitrogens is 1. The number of anilines is 4. The molecule has 0 saturated heterocycles. The summed E-state index contributed by atoms with van der Waals surface area (Å²) in [5.74, 6) is 0.672. The van der Waals surface area contributed by atoms with E-state index in [2.05, 4.69) is 21.0 Å². The van der Waals surface area contributed by atoms with Gasteiger partial charge in [-0.15, -0.1) is 0 Å². The Morgan fingerprint density at radius 3 is 2.65 bits per heavy atom. The number of halogens is 4. The number of aromatic nitrogens is 2. The molecular formula is C10H8ClF3N6. The van der Waals surface area contributed by atoms with Crippen LogP contribution in [0.1, 0.15) is 5.56 Å². The van der Waals surface area contributed by atoms with Crippen molar-refractivity contribution in [2.45, 2.75) is 6.18 Å². The molecule has 0 aliphatic carbocycles. The van der Waals surface area contributed by atoms with Crippen molar-refractivity contribution in [3.63, 3.8) is 0 Å². The second-order valence-electron chi connectivity index (χ2n) is 4.08. The van der Waals surface area contributed by atoms with Gasteiger partial charge in [0.25, 0.3) is 0 Å². The quantitative estimate of drug-likeness (QED) is 0.651. The summed E-state index contributed by atoms with van der Waals surface area (Å²) in [6.45, 7) is 0. The summed E-state index contributed by atoms with van der Waals surface area (Å²) in [7, 11) is 0. The zero-order valence-corrected chi connectivity index (χ0v) is 10.5. The number of alkyl halides is 3. The van der Waals surface area contributed by atoms with Gasteiger partial charge in [-0.1, -0.05) is 11.6 Å². The highest BCUT2D eigenvalue weighted by Crippen LogP contribution is 2.39. The van der Waals surface area contributed by atoms with Gasteiger partial charge in [0.15, 0.2) is 5.82 Å². The lowest BCUT2D eigenvalue weighted by Crippen LogP contribution is -2.30. The number of hydrogen-bond donors (Lipinski definition) is 4. The van der Waals surface area contributed by atoms with Gasteiger partial charge in [-0.3, -0.25) is 16.0 Å². The van der Waals surface area contributed by atoms with Gasteiger partial charge >= 0.3 is 6.18 Å². The van der Waals surface area contributed by atoms with Gasteiger partial charge in [-0.05, 0) is 18.2 Å². The molecule has 20 heavy (non-hydrogen) atoms. The van der Waals surface area contributed by atoms with Crippen LogP contribution in [0.4, 0.5) is 36.2 Å². The highest BCUT2D eigenvalue weighted by molar-refractivity contribution is 6.31. The maximum Gasteiger partial charge on any atom is 0.417 e. The van der Waals surface area contributed by atoms with E-state index in [0.717, 1.165) is 6.07 Å². The molecule has 0 atom stereocenters. The molecule has 1 aliphatic heterocycles. The van der Waals surface area contributed by atoms with E-state index in [-0.39, 0.29) is 16.5 Å². The van der Waals surface area contributed by atoms with Crippen molar-refractivity contribution in [1.29, 1.82) is 0 Å². The fourth-order valence-corrected chi connectivity index (χ4v) is 2.02. The minimum atomic E-state index is -4.53. The highest BCUT2D eigenvalue weighted by Gasteiger charge is 2.34. The number of nitrogens with zero attached hydrogens (tertiary/aromatic N) is 2. The molecule has 3 rings (SSSR count). The van der Waals surface area contributed by atoms with Crippen LogP contribution in [0.3, 0.4) is 0 Å². The summed E-state index contributed by atoms with van der Waals surface area (Å²) in [6.07, 6.45) is -4.53. The molecule has 0 radical (unpaired) electrons. The van der Waals surface area contributed by atoms with Crippen LogP contribution >= 0.6 is 11.6 Å². The van der Waals surface area contributed by atoms with Crippen molar-refractivity contribution in [3.05, 3.63) is 28.8 Å². The predicted octanol–water partition coefficient (Wildman–Crippen LogP) is 2.84. The Balaban J connectivity index is 1.93. The van der Waals surface area contributed by atoms with E-state index < -0.39 is 11.7 Å². The summed E-state index contributed by atoms with van der Waals surface area (Å²) in [6, 6.07) is 3.53. The van der Waals surface area contributed by atoms with Crippen LogP contribution in [0, 0.1) is 0 Å². The molecule has 0 bridgehead atoms. The van der Waals surface area contributed by atoms with E-state index in [4.69, 9.17) is 17.3 Å². The van der Waals surface area contributed by atoms with Crippen molar-refractivity contribution >= 4 is 34.6 Å². The average Bonchev–Trinajstić information content (AvgIpc) is 2.91. The normalized spacial score (nSPS) is 13.9. The van der Waals surface area contributed by atoms with Gasteiger partial charge in [0.2, 0.25) is 0 Å². The van der Waals surface area contributed by atoms with Crippen molar-refractivity contribution in [2.24, 2.45) is 0 Å². The molecule has 0 unspecified atom stereocenters. The number of benzene rings is 1. The Labute approximate surface area is 115 Å². The average molecular weight is 305 g/mol. The number of nitrogens with one attached hydrogen (secondary N) is 3. The van der Waals surface area contributed by atoms with E-state index in [9.17, 15) is 13.2 Å². The van der Waals surface area contributed by atoms with E-state index in [0.29, 0.717) is 11.5 Å². The summed E-state index contributed by atoms with van der Waals surface area (Å²) in [5.41, 5.74) is 10.9. The molecule has 0 amide bonds. The topological polar surface area (TPSA) is 82.0 Å². The van der Waals surface area contributed by atoms with Gasteiger partial charge in [-0.25, -0.2) is 0 Å². The van der Waals surface area contributed by atoms with Crippen LogP contribution in [0.2, 0.25) is 5.02 Å². The molecule has 2 aromatic rings. The summed E-state index contributed by atoms with van der Waals surface area (Å²) in [4.78, 5) is 0. The molecule has 106 valence electrons. The van der Waals surface area contributed by atoms with Gasteiger partial charge in [0.05, 0.1) is 16.3 Å². The molecule has 10 heteroatoms. The lowest BCUT2D eigenvalue weighted by atomic mass is 10.2. The smallest absolute Gasteiger partial charge is 0.382 e. The lowest BCUT2D eigenvalue weighted by molar-refractivity contribution is -0.137. The summed E-state index contributed by atoms with van der Waals surface area (Å²) >= 11 is 5.56. The van der Waals surface area contributed by atoms with Crippen LogP contribution in [0.5, 0.6) is 0 Å². The Hall–Kier alpha value is -2.29. The number of hydrazine groups is 2. The Bertz CT molecular complexity index is 667. The molecule has 6 nitrogen and oxygen atoms in total. The maximum absolute atomic E-state index is 12.8. The molecule has 5 N–H and O–H groups in total. The van der Waals surface area contributed by atoms with Crippen LogP contribution in [0.15, 0.2) is 18.2 Å². The minimum absolute atomic E-state index is 0.221. The van der Waals surface area contributed by atoms with Crippen LogP contribution < -0.4 is 21.7 Å². The van der Waals surface area contributed by atoms with E-state index in [1.807, 2.05) is 0 Å². The second kappa shape index (κ2) is 4.10. The second-order valence-corrected chi connectivity index (χ2v) is 4.49. The fraction of sp³-hybridized carbons (Fsp3) is 0.100. The van der Waals surface area contributed by atoms with Gasteiger partial charge in [0, 0.05) is 0 Å². The van der Waals surface area contributed by atoms with Crippen LogP contribution in [-0.2, 0) is 6.18 Å². The largest absolute Gasteiger partial charge is 0.417 e. The summed E-state index contributed by atoms with van der Waals surface area (Å²) in [5, 5.41) is 7.29. The monoisotopic (exact) mass is 304 g/mol. The number of fused-ring (bicyclic) bond motifs is 1. The van der Waals surface area contributed by atoms with Gasteiger partial charge in [0.1, 0.15) is 11.5 Å². The van der Waals surface area contributed by atoms with E-state index in [1.165, 1.54) is 17.3 Å². The number of nitrogen functional groups attached to an aromatic ring is 1. The van der Waals surface area contributed by atoms with Crippen molar-refractivity contribution < 1.29 is 13.2 Å². The third kappa shape index (κ3) is 1.95. The molecule has 0 spiro atoms. The zero-order chi connectivity index (χ0) is 14.5. The first-order chi connectivity index (χ1) is 9.36. The molecule has 1 aromatic heterocycles. The highest BCUT2D eigenvalue weighted by atomic mass is 35.5. The number of hydrogen-bond acceptors (Lipinski definition) is 5. The van der Waals surface area contributed by atoms with Crippen molar-refractivity contribution in [1.82, 2.24) is 10.2 Å². The standard InChI is InChI=1S/C10H8ClF3N6/c11-6-2-1-4(3-5(6)10(12,13)14)20-18-7-8(15)16-17-9(7)19-20/h1-3,18H,(H4,15,16,17,19). The van der Waals surface area contributed by atoms with Crippen LogP contribution in [-0.4, -0.2) is 10.2 Å². The van der Waals surface area contributed by atoms with Gasteiger partial charge < -0.3 is 5.73 Å². The molecule has 0 fully saturated rings. The molecular weight excluding hydrogens is 297 g/mol. The number of aromatic amines is 1. The third-order valence-corrected chi connectivity index (χ3v) is 3.08. The fourth-order valence-electron chi connectivity index (χ4n) is 1.79. The van der Waals surface area contributed by atoms with Crippen LogP contribution in [0.25, 0.3) is 0 Å². The third-order valence-electron chi connectivity index (χ3n) is 2.75. The first-order valence-corrected chi connectivity index (χ1v) is 5.78. The zero-order valence-electron chi connectivity index (χ0n) is 9.72. The first-order valence-electron chi connectivity index (χ1n) is 5.40. The van der Waals surface area contributed by atoms with E-state index in [1.54, 1.807) is 0 Å². The molecule has 0 saturated carbocycles. The van der Waals surface area contributed by atoms with Crippen molar-refractivity contribution in [3.8, 4) is 0 Å². The minimum Gasteiger partial charge on any atom is -0.382 e. The van der Waals surface area contributed by atoms with Crippen molar-refractivity contribution in [2.75, 3.05) is 21.7 Å². The molecule has 1 aliphatic rings. The number of rotatable bonds is 1. The molecule has 2 heterocycles. The summed E-state index contributed by atoms with van der Waals surface area (Å²) < 4.78 is 38.4. The Kier molecular flexibility index (Phi) is 2.61. The van der Waals surface area contributed by atoms with E-state index >= 15 is 0 Å². The number of nitrogens with two attached hydrogens (primary N) is 1. The lowest BCUT2D eigenvalue weighted by Gasteiger charge is -2.20. The first kappa shape index (κ1) is 12.7. The Morgan fingerprint density at radius 2 is 2.00 bits per heavy atom. The molecule has 1 aromatic carbocycles. The predicted molar refractivity (Wildman–Crippen MR) is 69.2 cm³/mol.